The monoisotopic (exact) mass is 403 g/mol. The number of benzene rings is 1. The van der Waals surface area contributed by atoms with Crippen molar-refractivity contribution in [3.8, 4) is 11.5 Å². The quantitative estimate of drug-likeness (QED) is 0.436. The van der Waals surface area contributed by atoms with Crippen molar-refractivity contribution in [2.45, 2.75) is 37.7 Å². The first kappa shape index (κ1) is 20.0. The van der Waals surface area contributed by atoms with E-state index in [0.717, 1.165) is 5.56 Å². The molecule has 29 heavy (non-hydrogen) atoms. The van der Waals surface area contributed by atoms with Crippen LogP contribution in [0.5, 0.6) is 11.5 Å². The predicted octanol–water partition coefficient (Wildman–Crippen LogP) is -0.283. The van der Waals surface area contributed by atoms with Crippen LogP contribution < -0.4 is 20.4 Å². The number of carboxylic acids is 1. The third-order valence-corrected chi connectivity index (χ3v) is 5.60. The molecular formula is C19H26BN3O6. The van der Waals surface area contributed by atoms with E-state index in [1.165, 1.54) is 12.8 Å². The largest absolute Gasteiger partial charge is 0.535 e. The summed E-state index contributed by atoms with van der Waals surface area (Å²) < 4.78 is 11.2. The number of hydrogen-bond donors (Lipinski definition) is 4. The maximum Gasteiger partial charge on any atom is 0.522 e. The van der Waals surface area contributed by atoms with E-state index in [9.17, 15) is 19.7 Å². The third kappa shape index (κ3) is 4.65. The number of likely N-dealkylation sites (tertiary alicyclic amines) is 1. The molecule has 0 aromatic heterocycles. The Bertz CT molecular complexity index is 796. The first-order valence-corrected chi connectivity index (χ1v) is 10.1. The topological polar surface area (TPSA) is 134 Å². The number of carboxylic acid groups (broad SMARTS) is 1. The molecular weight excluding hydrogens is 377 g/mol. The fourth-order valence-electron chi connectivity index (χ4n) is 3.70. The van der Waals surface area contributed by atoms with Crippen molar-refractivity contribution in [3.05, 3.63) is 23.3 Å². The molecule has 10 heteroatoms. The van der Waals surface area contributed by atoms with Gasteiger partial charge in [-0.25, -0.2) is 4.79 Å². The van der Waals surface area contributed by atoms with Crippen LogP contribution in [0.3, 0.4) is 0 Å². The Morgan fingerprint density at radius 3 is 2.83 bits per heavy atom. The summed E-state index contributed by atoms with van der Waals surface area (Å²) in [7, 11) is -1.01. The summed E-state index contributed by atoms with van der Waals surface area (Å²) in [4.78, 5) is 25.8. The first-order valence-electron chi connectivity index (χ1n) is 10.1. The predicted molar refractivity (Wildman–Crippen MR) is 105 cm³/mol. The van der Waals surface area contributed by atoms with E-state index < -0.39 is 19.1 Å². The van der Waals surface area contributed by atoms with Gasteiger partial charge in [0, 0.05) is 26.2 Å². The van der Waals surface area contributed by atoms with E-state index in [0.29, 0.717) is 44.8 Å². The number of aryl methyl sites for hydroxylation is 1. The van der Waals surface area contributed by atoms with E-state index in [4.69, 9.17) is 15.1 Å². The van der Waals surface area contributed by atoms with Crippen LogP contribution in [0.25, 0.3) is 0 Å². The van der Waals surface area contributed by atoms with Gasteiger partial charge >= 0.3 is 13.1 Å². The van der Waals surface area contributed by atoms with Crippen molar-refractivity contribution in [2.75, 3.05) is 26.2 Å². The molecule has 0 unspecified atom stereocenters. The maximum absolute atomic E-state index is 12.0. The Balaban J connectivity index is 1.31. The Morgan fingerprint density at radius 2 is 2.14 bits per heavy atom. The molecule has 3 aliphatic rings. The molecule has 5 N–H and O–H groups in total. The summed E-state index contributed by atoms with van der Waals surface area (Å²) in [5.41, 5.74) is 6.66. The van der Waals surface area contributed by atoms with Gasteiger partial charge in [-0.1, -0.05) is 6.07 Å². The molecule has 1 saturated carbocycles. The highest BCUT2D eigenvalue weighted by molar-refractivity contribution is 6.44. The lowest BCUT2D eigenvalue weighted by atomic mass is 9.78. The second-order valence-corrected chi connectivity index (χ2v) is 8.10. The number of nitrogens with zero attached hydrogens (tertiary/aromatic N) is 1. The van der Waals surface area contributed by atoms with Crippen LogP contribution in [-0.2, 0) is 11.2 Å². The Labute approximate surface area is 169 Å². The minimum Gasteiger partial charge on any atom is -0.535 e. The SMILES string of the molecule is N[C@H](CN1CC(Oc2ccc3c(c2C(=O)O)OB(O)CC3)C1)C(=O)NCC1CC1. The van der Waals surface area contributed by atoms with Gasteiger partial charge in [0.1, 0.15) is 23.2 Å². The van der Waals surface area contributed by atoms with Crippen LogP contribution in [0.2, 0.25) is 6.32 Å². The molecule has 0 spiro atoms. The van der Waals surface area contributed by atoms with Crippen LogP contribution in [-0.4, -0.2) is 72.4 Å². The average molecular weight is 403 g/mol. The first-order chi connectivity index (χ1) is 13.9. The zero-order valence-corrected chi connectivity index (χ0v) is 16.2. The number of ether oxygens (including phenoxy) is 1. The molecule has 9 nitrogen and oxygen atoms in total. The Kier molecular flexibility index (Phi) is 5.66. The minimum atomic E-state index is -1.16. The van der Waals surface area contributed by atoms with E-state index in [1.807, 2.05) is 4.90 Å². The molecule has 1 saturated heterocycles. The number of amides is 1. The lowest BCUT2D eigenvalue weighted by molar-refractivity contribution is -0.123. The highest BCUT2D eigenvalue weighted by atomic mass is 16.5. The van der Waals surface area contributed by atoms with E-state index in [1.54, 1.807) is 12.1 Å². The van der Waals surface area contributed by atoms with Crippen LogP contribution >= 0.6 is 0 Å². The molecule has 0 radical (unpaired) electrons. The van der Waals surface area contributed by atoms with Gasteiger partial charge in [0.2, 0.25) is 5.91 Å². The number of nitrogens with one attached hydrogen (secondary N) is 1. The van der Waals surface area contributed by atoms with Gasteiger partial charge in [-0.3, -0.25) is 9.69 Å². The fourth-order valence-corrected chi connectivity index (χ4v) is 3.70. The molecule has 156 valence electrons. The van der Waals surface area contributed by atoms with Gasteiger partial charge in [0.25, 0.3) is 0 Å². The molecule has 0 bridgehead atoms. The van der Waals surface area contributed by atoms with Crippen molar-refractivity contribution >= 4 is 19.0 Å². The van der Waals surface area contributed by atoms with E-state index >= 15 is 0 Å². The number of hydrogen-bond acceptors (Lipinski definition) is 7. The van der Waals surface area contributed by atoms with Gasteiger partial charge in [-0.15, -0.1) is 0 Å². The molecule has 1 atom stereocenters. The van der Waals surface area contributed by atoms with Crippen LogP contribution in [0.15, 0.2) is 12.1 Å². The minimum absolute atomic E-state index is 0.0594. The molecule has 1 amide bonds. The van der Waals surface area contributed by atoms with Gasteiger partial charge < -0.3 is 30.6 Å². The molecule has 2 fully saturated rings. The van der Waals surface area contributed by atoms with Crippen LogP contribution in [0.1, 0.15) is 28.8 Å². The smallest absolute Gasteiger partial charge is 0.522 e. The van der Waals surface area contributed by atoms with Crippen molar-refractivity contribution in [2.24, 2.45) is 11.7 Å². The zero-order chi connectivity index (χ0) is 20.5. The van der Waals surface area contributed by atoms with Gasteiger partial charge in [0.05, 0.1) is 6.04 Å². The Hall–Kier alpha value is -2.30. The van der Waals surface area contributed by atoms with Crippen molar-refractivity contribution in [1.82, 2.24) is 10.2 Å². The number of carbonyl (C=O) groups is 2. The summed E-state index contributed by atoms with van der Waals surface area (Å²) in [6.07, 6.45) is 3.13. The Morgan fingerprint density at radius 1 is 1.38 bits per heavy atom. The second kappa shape index (κ2) is 8.21. The normalized spacial score (nSPS) is 20.3. The molecule has 2 heterocycles. The molecule has 2 aliphatic heterocycles. The van der Waals surface area contributed by atoms with Gasteiger partial charge in [0.15, 0.2) is 0 Å². The second-order valence-electron chi connectivity index (χ2n) is 8.10. The zero-order valence-electron chi connectivity index (χ0n) is 16.2. The summed E-state index contributed by atoms with van der Waals surface area (Å²) in [5.74, 6) is -0.282. The number of nitrogens with two attached hydrogens (primary N) is 1. The van der Waals surface area contributed by atoms with Crippen LogP contribution in [0, 0.1) is 5.92 Å². The molecule has 1 aliphatic carbocycles. The van der Waals surface area contributed by atoms with Gasteiger partial charge in [-0.2, -0.15) is 0 Å². The lowest BCUT2D eigenvalue weighted by Gasteiger charge is -2.40. The summed E-state index contributed by atoms with van der Waals surface area (Å²) in [5, 5.41) is 22.2. The van der Waals surface area contributed by atoms with E-state index in [-0.39, 0.29) is 29.1 Å². The molecule has 1 aromatic rings. The molecule has 1 aromatic carbocycles. The van der Waals surface area contributed by atoms with Gasteiger partial charge in [-0.05, 0) is 43.1 Å². The molecule has 4 rings (SSSR count). The highest BCUT2D eigenvalue weighted by Gasteiger charge is 2.35. The lowest BCUT2D eigenvalue weighted by Crippen LogP contribution is -2.59. The summed E-state index contributed by atoms with van der Waals surface area (Å²) >= 11 is 0. The summed E-state index contributed by atoms with van der Waals surface area (Å²) in [6.45, 7) is 2.25. The highest BCUT2D eigenvalue weighted by Crippen LogP contribution is 2.37. The van der Waals surface area contributed by atoms with E-state index in [2.05, 4.69) is 5.32 Å². The number of fused-ring (bicyclic) bond motifs is 1. The average Bonchev–Trinajstić information content (AvgIpc) is 3.47. The number of carbonyl (C=O) groups excluding carboxylic acids is 1. The summed E-state index contributed by atoms with van der Waals surface area (Å²) in [6, 6.07) is 2.82. The van der Waals surface area contributed by atoms with Crippen molar-refractivity contribution in [1.29, 1.82) is 0 Å². The van der Waals surface area contributed by atoms with Crippen molar-refractivity contribution < 1.29 is 29.1 Å². The fraction of sp³-hybridized carbons (Fsp3) is 0.579. The van der Waals surface area contributed by atoms with Crippen molar-refractivity contribution in [3.63, 3.8) is 0 Å². The number of aromatic carboxylic acids is 1. The standard InChI is InChI=1S/C19H26BN3O6/c21-14(18(24)22-7-11-1-2-11)10-23-8-13(9-23)28-15-4-3-12-5-6-20(27)29-17(12)16(15)19(25)26/h3-4,11,13-14,27H,1-2,5-10,21H2,(H,22,24)(H,25,26)/t14-/m1/s1. The number of rotatable bonds is 8. The van der Waals surface area contributed by atoms with Crippen LogP contribution in [0.4, 0.5) is 0 Å². The maximum atomic E-state index is 12.0. The third-order valence-electron chi connectivity index (χ3n) is 5.60.